The van der Waals surface area contributed by atoms with Crippen LogP contribution in [0.15, 0.2) is 47.5 Å². The highest BCUT2D eigenvalue weighted by atomic mass is 79.9. The van der Waals surface area contributed by atoms with E-state index in [9.17, 15) is 4.79 Å². The third-order valence-electron chi connectivity index (χ3n) is 4.87. The molecule has 0 aliphatic carbocycles. The Bertz CT molecular complexity index is 1020. The molecular weight excluding hydrogens is 436 g/mol. The Kier molecular flexibility index (Phi) is 5.48. The van der Waals surface area contributed by atoms with Gasteiger partial charge in [-0.15, -0.1) is 0 Å². The number of amides is 1. The highest BCUT2D eigenvalue weighted by Crippen LogP contribution is 2.25. The summed E-state index contributed by atoms with van der Waals surface area (Å²) < 4.78 is 7.88. The Balaban J connectivity index is 1.48. The Hall–Kier alpha value is -2.94. The Morgan fingerprint density at radius 1 is 1.10 bits per heavy atom. The van der Waals surface area contributed by atoms with Gasteiger partial charge in [0.05, 0.1) is 12.7 Å². The van der Waals surface area contributed by atoms with Crippen LogP contribution in [0.25, 0.3) is 5.82 Å². The zero-order chi connectivity index (χ0) is 20.4. The van der Waals surface area contributed by atoms with E-state index in [0.717, 1.165) is 16.1 Å². The van der Waals surface area contributed by atoms with Gasteiger partial charge >= 0.3 is 0 Å². The Morgan fingerprint density at radius 3 is 2.55 bits per heavy atom. The number of rotatable bonds is 4. The third kappa shape index (κ3) is 4.09. The van der Waals surface area contributed by atoms with Crippen molar-refractivity contribution >= 4 is 27.7 Å². The summed E-state index contributed by atoms with van der Waals surface area (Å²) in [5.74, 6) is 3.00. The summed E-state index contributed by atoms with van der Waals surface area (Å²) in [6, 6.07) is 7.38. The third-order valence-corrected chi connectivity index (χ3v) is 5.57. The Labute approximate surface area is 177 Å². The minimum Gasteiger partial charge on any atom is -0.497 e. The molecule has 0 radical (unpaired) electrons. The van der Waals surface area contributed by atoms with Gasteiger partial charge in [0.1, 0.15) is 29.5 Å². The molecule has 1 aromatic carbocycles. The average molecular weight is 457 g/mol. The number of anilines is 1. The minimum atomic E-state index is -0.00611. The number of carbonyl (C=O) groups is 1. The van der Waals surface area contributed by atoms with Crippen LogP contribution in [0.2, 0.25) is 0 Å². The SMILES string of the molecule is COc1ccc(Br)c(C(=O)N2CCN(c3cc(-n4ccnc4)nc(C)n3)CC2)c1. The predicted molar refractivity (Wildman–Crippen MR) is 113 cm³/mol. The van der Waals surface area contributed by atoms with Gasteiger partial charge in [-0.3, -0.25) is 9.36 Å². The van der Waals surface area contributed by atoms with Crippen molar-refractivity contribution in [3.05, 3.63) is 58.8 Å². The maximum Gasteiger partial charge on any atom is 0.255 e. The van der Waals surface area contributed by atoms with E-state index in [2.05, 4.69) is 35.8 Å². The lowest BCUT2D eigenvalue weighted by Crippen LogP contribution is -2.49. The topological polar surface area (TPSA) is 76.4 Å². The molecular formula is C20H21BrN6O2. The smallest absolute Gasteiger partial charge is 0.255 e. The summed E-state index contributed by atoms with van der Waals surface area (Å²) in [4.78, 5) is 30.2. The fraction of sp³-hybridized carbons (Fsp3) is 0.300. The van der Waals surface area contributed by atoms with Gasteiger partial charge in [-0.25, -0.2) is 15.0 Å². The Morgan fingerprint density at radius 2 is 1.86 bits per heavy atom. The minimum absolute atomic E-state index is 0.00611. The molecule has 29 heavy (non-hydrogen) atoms. The fourth-order valence-electron chi connectivity index (χ4n) is 3.33. The van der Waals surface area contributed by atoms with Crippen LogP contribution in [0.1, 0.15) is 16.2 Å². The van der Waals surface area contributed by atoms with E-state index in [-0.39, 0.29) is 5.91 Å². The van der Waals surface area contributed by atoms with Crippen LogP contribution in [-0.2, 0) is 0 Å². The van der Waals surface area contributed by atoms with Crippen molar-refractivity contribution in [2.45, 2.75) is 6.92 Å². The van der Waals surface area contributed by atoms with Gasteiger partial charge in [0, 0.05) is 49.1 Å². The molecule has 3 aromatic rings. The second-order valence-electron chi connectivity index (χ2n) is 6.73. The fourth-order valence-corrected chi connectivity index (χ4v) is 3.75. The molecule has 0 bridgehead atoms. The number of nitrogens with zero attached hydrogens (tertiary/aromatic N) is 6. The van der Waals surface area contributed by atoms with Gasteiger partial charge in [0.25, 0.3) is 5.91 Å². The van der Waals surface area contributed by atoms with Crippen molar-refractivity contribution in [3.8, 4) is 11.6 Å². The molecule has 1 amide bonds. The molecule has 9 heteroatoms. The summed E-state index contributed by atoms with van der Waals surface area (Å²) >= 11 is 3.47. The molecule has 0 spiro atoms. The lowest BCUT2D eigenvalue weighted by molar-refractivity contribution is 0.0745. The summed E-state index contributed by atoms with van der Waals surface area (Å²) in [5.41, 5.74) is 0.609. The van der Waals surface area contributed by atoms with Crippen LogP contribution in [0.3, 0.4) is 0 Å². The van der Waals surface area contributed by atoms with Crippen molar-refractivity contribution < 1.29 is 9.53 Å². The van der Waals surface area contributed by atoms with Gasteiger partial charge in [-0.1, -0.05) is 0 Å². The number of hydrogen-bond donors (Lipinski definition) is 0. The van der Waals surface area contributed by atoms with E-state index in [1.807, 2.05) is 40.8 Å². The van der Waals surface area contributed by atoms with Crippen LogP contribution in [0.5, 0.6) is 5.75 Å². The largest absolute Gasteiger partial charge is 0.497 e. The molecule has 150 valence electrons. The number of carbonyl (C=O) groups excluding carboxylic acids is 1. The molecule has 1 fully saturated rings. The molecule has 0 atom stereocenters. The van der Waals surface area contributed by atoms with Crippen LogP contribution in [-0.4, -0.2) is 63.6 Å². The monoisotopic (exact) mass is 456 g/mol. The number of imidazole rings is 1. The molecule has 8 nitrogen and oxygen atoms in total. The van der Waals surface area contributed by atoms with Crippen LogP contribution < -0.4 is 9.64 Å². The molecule has 3 heterocycles. The molecule has 1 aliphatic rings. The van der Waals surface area contributed by atoms with Gasteiger partial charge in [0.2, 0.25) is 0 Å². The highest BCUT2D eigenvalue weighted by Gasteiger charge is 2.25. The molecule has 1 aliphatic heterocycles. The number of benzene rings is 1. The van der Waals surface area contributed by atoms with Gasteiger partial charge in [0.15, 0.2) is 0 Å². The number of aryl methyl sites for hydroxylation is 1. The van der Waals surface area contributed by atoms with Crippen LogP contribution >= 0.6 is 15.9 Å². The second-order valence-corrected chi connectivity index (χ2v) is 7.58. The standard InChI is InChI=1S/C20H21BrN6O2/c1-14-23-18(12-19(24-14)27-6-5-22-13-27)25-7-9-26(10-8-25)20(28)16-11-15(29-2)3-4-17(16)21/h3-6,11-13H,7-10H2,1-2H3. The highest BCUT2D eigenvalue weighted by molar-refractivity contribution is 9.10. The normalized spacial score (nSPS) is 14.2. The number of piperazine rings is 1. The zero-order valence-electron chi connectivity index (χ0n) is 16.2. The first-order chi connectivity index (χ1) is 14.0. The first kappa shape index (κ1) is 19.4. The number of halogens is 1. The quantitative estimate of drug-likeness (QED) is 0.600. The van der Waals surface area contributed by atoms with Gasteiger partial charge in [-0.05, 0) is 41.1 Å². The number of methoxy groups -OCH3 is 1. The second kappa shape index (κ2) is 8.20. The molecule has 0 N–H and O–H groups in total. The van der Waals surface area contributed by atoms with E-state index in [4.69, 9.17) is 4.74 Å². The van der Waals surface area contributed by atoms with E-state index in [0.29, 0.717) is 43.3 Å². The number of hydrogen-bond acceptors (Lipinski definition) is 6. The summed E-state index contributed by atoms with van der Waals surface area (Å²) in [7, 11) is 1.60. The van der Waals surface area contributed by atoms with Crippen molar-refractivity contribution in [2.75, 3.05) is 38.2 Å². The molecule has 0 unspecified atom stereocenters. The van der Waals surface area contributed by atoms with Crippen molar-refractivity contribution in [3.63, 3.8) is 0 Å². The van der Waals surface area contributed by atoms with Gasteiger partial charge < -0.3 is 14.5 Å². The van der Waals surface area contributed by atoms with E-state index in [1.165, 1.54) is 0 Å². The van der Waals surface area contributed by atoms with E-state index < -0.39 is 0 Å². The maximum atomic E-state index is 13.0. The summed E-state index contributed by atoms with van der Waals surface area (Å²) in [6.07, 6.45) is 5.29. The molecule has 4 rings (SSSR count). The zero-order valence-corrected chi connectivity index (χ0v) is 17.8. The first-order valence-electron chi connectivity index (χ1n) is 9.27. The van der Waals surface area contributed by atoms with E-state index in [1.54, 1.807) is 25.7 Å². The maximum absolute atomic E-state index is 13.0. The molecule has 0 saturated carbocycles. The van der Waals surface area contributed by atoms with Crippen molar-refractivity contribution in [1.29, 1.82) is 0 Å². The predicted octanol–water partition coefficient (Wildman–Crippen LogP) is 2.70. The number of ether oxygens (including phenoxy) is 1. The summed E-state index contributed by atoms with van der Waals surface area (Å²) in [6.45, 7) is 4.52. The number of aromatic nitrogens is 4. The van der Waals surface area contributed by atoms with Crippen molar-refractivity contribution in [2.24, 2.45) is 0 Å². The summed E-state index contributed by atoms with van der Waals surface area (Å²) in [5, 5.41) is 0. The lowest BCUT2D eigenvalue weighted by atomic mass is 10.1. The lowest BCUT2D eigenvalue weighted by Gasteiger charge is -2.35. The molecule has 2 aromatic heterocycles. The van der Waals surface area contributed by atoms with Crippen LogP contribution in [0.4, 0.5) is 5.82 Å². The van der Waals surface area contributed by atoms with Crippen LogP contribution in [0, 0.1) is 6.92 Å². The molecule has 1 saturated heterocycles. The van der Waals surface area contributed by atoms with Gasteiger partial charge in [-0.2, -0.15) is 0 Å². The first-order valence-corrected chi connectivity index (χ1v) is 10.1. The van der Waals surface area contributed by atoms with E-state index >= 15 is 0 Å². The van der Waals surface area contributed by atoms with Crippen molar-refractivity contribution in [1.82, 2.24) is 24.4 Å². The average Bonchev–Trinajstić information content (AvgIpc) is 3.28.